The summed E-state index contributed by atoms with van der Waals surface area (Å²) in [6, 6.07) is 0.401. The monoisotopic (exact) mass is 282 g/mol. The standard InChI is InChI=1S/C13H25F3N2O/c1-2-18(7-8-19-10-13(14,15)16)12-6-4-3-5-11(12)9-17/h11-12H,2-10,17H2,1H3. The molecule has 19 heavy (non-hydrogen) atoms. The summed E-state index contributed by atoms with van der Waals surface area (Å²) in [5, 5.41) is 0. The van der Waals surface area contributed by atoms with E-state index in [1.807, 2.05) is 6.92 Å². The predicted molar refractivity (Wildman–Crippen MR) is 68.9 cm³/mol. The molecule has 0 amide bonds. The topological polar surface area (TPSA) is 38.5 Å². The number of halogens is 3. The first-order valence-corrected chi connectivity index (χ1v) is 7.06. The van der Waals surface area contributed by atoms with Crippen LogP contribution in [0.5, 0.6) is 0 Å². The molecule has 1 aliphatic rings. The summed E-state index contributed by atoms with van der Waals surface area (Å²) in [5.41, 5.74) is 5.79. The van der Waals surface area contributed by atoms with Crippen molar-refractivity contribution in [2.24, 2.45) is 11.7 Å². The van der Waals surface area contributed by atoms with Crippen LogP contribution in [-0.4, -0.2) is 50.0 Å². The van der Waals surface area contributed by atoms with E-state index in [9.17, 15) is 13.2 Å². The fourth-order valence-corrected chi connectivity index (χ4v) is 2.87. The molecule has 0 aromatic carbocycles. The molecule has 1 rings (SSSR count). The molecule has 0 bridgehead atoms. The fraction of sp³-hybridized carbons (Fsp3) is 1.00. The average molecular weight is 282 g/mol. The molecule has 1 saturated carbocycles. The Hall–Kier alpha value is -0.330. The van der Waals surface area contributed by atoms with Crippen LogP contribution in [0, 0.1) is 5.92 Å². The van der Waals surface area contributed by atoms with Crippen LogP contribution >= 0.6 is 0 Å². The molecule has 0 saturated heterocycles. The van der Waals surface area contributed by atoms with Crippen LogP contribution in [0.2, 0.25) is 0 Å². The molecule has 0 heterocycles. The third-order valence-corrected chi connectivity index (χ3v) is 3.84. The van der Waals surface area contributed by atoms with E-state index in [4.69, 9.17) is 10.5 Å². The number of hydrogen-bond donors (Lipinski definition) is 1. The van der Waals surface area contributed by atoms with Crippen molar-refractivity contribution >= 4 is 0 Å². The molecule has 2 unspecified atom stereocenters. The molecule has 0 aromatic heterocycles. The smallest absolute Gasteiger partial charge is 0.371 e. The lowest BCUT2D eigenvalue weighted by Crippen LogP contribution is -2.46. The number of rotatable bonds is 7. The lowest BCUT2D eigenvalue weighted by atomic mass is 9.83. The normalized spacial score (nSPS) is 24.9. The Labute approximate surface area is 113 Å². The maximum absolute atomic E-state index is 12.0. The van der Waals surface area contributed by atoms with Crippen molar-refractivity contribution in [2.75, 3.05) is 32.8 Å². The number of likely N-dealkylation sites (N-methyl/N-ethyl adjacent to an activating group) is 1. The van der Waals surface area contributed by atoms with Gasteiger partial charge in [0.05, 0.1) is 6.61 Å². The first-order valence-electron chi connectivity index (χ1n) is 7.06. The van der Waals surface area contributed by atoms with Gasteiger partial charge in [0.25, 0.3) is 0 Å². The van der Waals surface area contributed by atoms with E-state index < -0.39 is 12.8 Å². The van der Waals surface area contributed by atoms with Crippen molar-refractivity contribution in [3.63, 3.8) is 0 Å². The van der Waals surface area contributed by atoms with Gasteiger partial charge in [-0.25, -0.2) is 0 Å². The van der Waals surface area contributed by atoms with Crippen molar-refractivity contribution in [1.29, 1.82) is 0 Å². The third-order valence-electron chi connectivity index (χ3n) is 3.84. The highest BCUT2D eigenvalue weighted by atomic mass is 19.4. The Balaban J connectivity index is 2.35. The van der Waals surface area contributed by atoms with E-state index in [0.717, 1.165) is 19.4 Å². The minimum Gasteiger partial charge on any atom is -0.371 e. The zero-order valence-corrected chi connectivity index (χ0v) is 11.6. The minimum absolute atomic E-state index is 0.126. The Morgan fingerprint density at radius 3 is 2.53 bits per heavy atom. The van der Waals surface area contributed by atoms with Crippen LogP contribution in [0.3, 0.4) is 0 Å². The van der Waals surface area contributed by atoms with Crippen molar-refractivity contribution in [3.8, 4) is 0 Å². The average Bonchev–Trinajstić information content (AvgIpc) is 2.38. The molecule has 1 aliphatic carbocycles. The van der Waals surface area contributed by atoms with Crippen LogP contribution in [0.25, 0.3) is 0 Å². The molecular weight excluding hydrogens is 257 g/mol. The first-order chi connectivity index (χ1) is 8.98. The molecule has 114 valence electrons. The first kappa shape index (κ1) is 16.7. The minimum atomic E-state index is -4.23. The van der Waals surface area contributed by atoms with E-state index in [0.29, 0.717) is 25.0 Å². The molecule has 0 radical (unpaired) electrons. The lowest BCUT2D eigenvalue weighted by Gasteiger charge is -2.39. The summed E-state index contributed by atoms with van der Waals surface area (Å²) in [6.45, 7) is 3.04. The van der Waals surface area contributed by atoms with Crippen molar-refractivity contribution in [1.82, 2.24) is 4.90 Å². The SMILES string of the molecule is CCN(CCOCC(F)(F)F)C1CCCCC1CN. The number of ether oxygens (including phenoxy) is 1. The predicted octanol–water partition coefficient (Wildman–Crippen LogP) is 2.40. The van der Waals surface area contributed by atoms with Gasteiger partial charge in [0.1, 0.15) is 6.61 Å². The molecular formula is C13H25F3N2O. The molecule has 6 heteroatoms. The van der Waals surface area contributed by atoms with Crippen LogP contribution in [0.15, 0.2) is 0 Å². The maximum Gasteiger partial charge on any atom is 0.411 e. The lowest BCUT2D eigenvalue weighted by molar-refractivity contribution is -0.175. The van der Waals surface area contributed by atoms with Gasteiger partial charge in [0, 0.05) is 12.6 Å². The van der Waals surface area contributed by atoms with Crippen molar-refractivity contribution in [3.05, 3.63) is 0 Å². The number of nitrogens with zero attached hydrogens (tertiary/aromatic N) is 1. The van der Waals surface area contributed by atoms with Crippen LogP contribution < -0.4 is 5.73 Å². The molecule has 1 fully saturated rings. The highest BCUT2D eigenvalue weighted by molar-refractivity contribution is 4.83. The van der Waals surface area contributed by atoms with Crippen molar-refractivity contribution in [2.45, 2.75) is 44.8 Å². The highest BCUT2D eigenvalue weighted by Crippen LogP contribution is 2.27. The van der Waals surface area contributed by atoms with Crippen LogP contribution in [0.4, 0.5) is 13.2 Å². The van der Waals surface area contributed by atoms with Gasteiger partial charge in [-0.05, 0) is 31.8 Å². The number of nitrogens with two attached hydrogens (primary N) is 1. The van der Waals surface area contributed by atoms with E-state index in [-0.39, 0.29) is 6.61 Å². The molecule has 2 atom stereocenters. The highest BCUT2D eigenvalue weighted by Gasteiger charge is 2.29. The van der Waals surface area contributed by atoms with Gasteiger partial charge in [0.15, 0.2) is 0 Å². The summed E-state index contributed by atoms with van der Waals surface area (Å²) >= 11 is 0. The molecule has 0 aromatic rings. The zero-order chi connectivity index (χ0) is 14.3. The van der Waals surface area contributed by atoms with E-state index >= 15 is 0 Å². The molecule has 0 spiro atoms. The molecule has 2 N–H and O–H groups in total. The van der Waals surface area contributed by atoms with Gasteiger partial charge in [-0.3, -0.25) is 4.90 Å². The summed E-state index contributed by atoms with van der Waals surface area (Å²) in [4.78, 5) is 2.22. The largest absolute Gasteiger partial charge is 0.411 e. The second-order valence-corrected chi connectivity index (χ2v) is 5.14. The maximum atomic E-state index is 12.0. The Bertz CT molecular complexity index is 249. The second-order valence-electron chi connectivity index (χ2n) is 5.14. The fourth-order valence-electron chi connectivity index (χ4n) is 2.87. The number of alkyl halides is 3. The number of hydrogen-bond acceptors (Lipinski definition) is 3. The van der Waals surface area contributed by atoms with E-state index in [1.165, 1.54) is 12.8 Å². The zero-order valence-electron chi connectivity index (χ0n) is 11.6. The Kier molecular flexibility index (Phi) is 7.10. The van der Waals surface area contributed by atoms with Gasteiger partial charge in [-0.15, -0.1) is 0 Å². The summed E-state index contributed by atoms with van der Waals surface area (Å²) < 4.78 is 40.6. The van der Waals surface area contributed by atoms with Gasteiger partial charge >= 0.3 is 6.18 Å². The summed E-state index contributed by atoms with van der Waals surface area (Å²) in [6.07, 6.45) is 0.374. The van der Waals surface area contributed by atoms with E-state index in [2.05, 4.69) is 4.90 Å². The van der Waals surface area contributed by atoms with Crippen molar-refractivity contribution < 1.29 is 17.9 Å². The second kappa shape index (κ2) is 8.07. The quantitative estimate of drug-likeness (QED) is 0.729. The van der Waals surface area contributed by atoms with Gasteiger partial charge in [0.2, 0.25) is 0 Å². The molecule has 3 nitrogen and oxygen atoms in total. The van der Waals surface area contributed by atoms with Gasteiger partial charge in [-0.1, -0.05) is 19.8 Å². The van der Waals surface area contributed by atoms with Gasteiger partial charge < -0.3 is 10.5 Å². The van der Waals surface area contributed by atoms with E-state index in [1.54, 1.807) is 0 Å². The summed E-state index contributed by atoms with van der Waals surface area (Å²) in [7, 11) is 0. The Morgan fingerprint density at radius 2 is 1.95 bits per heavy atom. The summed E-state index contributed by atoms with van der Waals surface area (Å²) in [5.74, 6) is 0.469. The third kappa shape index (κ3) is 6.10. The van der Waals surface area contributed by atoms with Gasteiger partial charge in [-0.2, -0.15) is 13.2 Å². The van der Waals surface area contributed by atoms with Crippen LogP contribution in [0.1, 0.15) is 32.6 Å². The molecule has 0 aliphatic heterocycles. The Morgan fingerprint density at radius 1 is 1.26 bits per heavy atom. The van der Waals surface area contributed by atoms with Crippen LogP contribution in [-0.2, 0) is 4.74 Å².